The highest BCUT2D eigenvalue weighted by molar-refractivity contribution is 7.90. The van der Waals surface area contributed by atoms with Crippen molar-refractivity contribution in [2.24, 2.45) is 5.92 Å². The summed E-state index contributed by atoms with van der Waals surface area (Å²) in [7, 11) is -3.06. The fraction of sp³-hybridized carbons (Fsp3) is 0.923. The second-order valence-electron chi connectivity index (χ2n) is 5.64. The van der Waals surface area contributed by atoms with Gasteiger partial charge in [0.25, 0.3) is 0 Å². The fourth-order valence-corrected chi connectivity index (χ4v) is 3.86. The Kier molecular flexibility index (Phi) is 5.80. The molecule has 0 aliphatic carbocycles. The van der Waals surface area contributed by atoms with Crippen LogP contribution < -0.4 is 5.32 Å². The third-order valence-corrected chi connectivity index (χ3v) is 4.76. The number of nitrogens with zero attached hydrogens (tertiary/aromatic N) is 1. The average molecular weight is 290 g/mol. The highest BCUT2D eigenvalue weighted by atomic mass is 32.2. The number of rotatable bonds is 5. The normalized spacial score (nSPS) is 25.9. The van der Waals surface area contributed by atoms with Crippen molar-refractivity contribution in [3.8, 4) is 0 Å². The zero-order valence-electron chi connectivity index (χ0n) is 12.3. The van der Waals surface area contributed by atoms with Crippen LogP contribution in [0.3, 0.4) is 0 Å². The number of hydrogen-bond donors (Lipinski definition) is 1. The monoisotopic (exact) mass is 290 g/mol. The van der Waals surface area contributed by atoms with Gasteiger partial charge in [-0.05, 0) is 40.2 Å². The Morgan fingerprint density at radius 3 is 2.58 bits per heavy atom. The van der Waals surface area contributed by atoms with E-state index in [9.17, 15) is 13.2 Å². The number of piperidine rings is 1. The maximum Gasteiger partial charge on any atom is 0.226 e. The Hall–Kier alpha value is -0.620. The molecular weight excluding hydrogens is 264 g/mol. The summed E-state index contributed by atoms with van der Waals surface area (Å²) in [6.45, 7) is 7.22. The second kappa shape index (κ2) is 6.70. The summed E-state index contributed by atoms with van der Waals surface area (Å²) in [5.41, 5.74) is 0. The molecule has 3 atom stereocenters. The Morgan fingerprint density at radius 1 is 1.47 bits per heavy atom. The van der Waals surface area contributed by atoms with Crippen molar-refractivity contribution < 1.29 is 13.2 Å². The summed E-state index contributed by atoms with van der Waals surface area (Å²) in [6.07, 6.45) is 2.89. The van der Waals surface area contributed by atoms with Gasteiger partial charge in [0, 0.05) is 30.8 Å². The summed E-state index contributed by atoms with van der Waals surface area (Å²) in [5.74, 6) is 0.165. The van der Waals surface area contributed by atoms with Crippen LogP contribution in [0.15, 0.2) is 0 Å². The van der Waals surface area contributed by atoms with Crippen molar-refractivity contribution in [1.82, 2.24) is 10.2 Å². The lowest BCUT2D eigenvalue weighted by Crippen LogP contribution is -2.48. The molecular formula is C13H26N2O3S. The molecule has 0 radical (unpaired) electrons. The lowest BCUT2D eigenvalue weighted by atomic mass is 9.91. The van der Waals surface area contributed by atoms with E-state index in [0.717, 1.165) is 19.4 Å². The van der Waals surface area contributed by atoms with Gasteiger partial charge in [0.2, 0.25) is 5.91 Å². The van der Waals surface area contributed by atoms with Gasteiger partial charge >= 0.3 is 0 Å². The smallest absolute Gasteiger partial charge is 0.226 e. The summed E-state index contributed by atoms with van der Waals surface area (Å²) in [5, 5.41) is 3.32. The van der Waals surface area contributed by atoms with Crippen molar-refractivity contribution >= 4 is 15.7 Å². The minimum Gasteiger partial charge on any atom is -0.339 e. The van der Waals surface area contributed by atoms with E-state index < -0.39 is 9.84 Å². The molecule has 0 bridgehead atoms. The number of carbonyl (C=O) groups excluding carboxylic acids is 1. The van der Waals surface area contributed by atoms with E-state index in [1.165, 1.54) is 6.26 Å². The predicted molar refractivity (Wildman–Crippen MR) is 76.7 cm³/mol. The van der Waals surface area contributed by atoms with Gasteiger partial charge in [-0.15, -0.1) is 0 Å². The van der Waals surface area contributed by atoms with Gasteiger partial charge in [0.1, 0.15) is 9.84 Å². The molecule has 0 aromatic rings. The molecule has 1 saturated heterocycles. The molecule has 0 aromatic heterocycles. The van der Waals surface area contributed by atoms with Gasteiger partial charge < -0.3 is 10.2 Å². The van der Waals surface area contributed by atoms with E-state index in [1.807, 2.05) is 13.8 Å². The molecule has 1 rings (SSSR count). The van der Waals surface area contributed by atoms with Gasteiger partial charge in [-0.25, -0.2) is 8.42 Å². The fourth-order valence-electron chi connectivity index (χ4n) is 2.80. The number of carbonyl (C=O) groups is 1. The highest BCUT2D eigenvalue weighted by Gasteiger charge is 2.30. The van der Waals surface area contributed by atoms with Gasteiger partial charge in [0.15, 0.2) is 0 Å². The zero-order valence-corrected chi connectivity index (χ0v) is 13.2. The summed E-state index contributed by atoms with van der Waals surface area (Å²) >= 11 is 0. The van der Waals surface area contributed by atoms with E-state index in [0.29, 0.717) is 12.6 Å². The number of sulfone groups is 1. The van der Waals surface area contributed by atoms with E-state index in [-0.39, 0.29) is 23.6 Å². The summed E-state index contributed by atoms with van der Waals surface area (Å²) < 4.78 is 22.7. The molecule has 1 N–H and O–H groups in total. The summed E-state index contributed by atoms with van der Waals surface area (Å²) in [6, 6.07) is 0.101. The Balaban J connectivity index is 2.70. The lowest BCUT2D eigenvalue weighted by molar-refractivity contribution is -0.138. The topological polar surface area (TPSA) is 66.5 Å². The van der Waals surface area contributed by atoms with Gasteiger partial charge in [-0.2, -0.15) is 0 Å². The Morgan fingerprint density at radius 2 is 2.11 bits per heavy atom. The molecule has 1 heterocycles. The molecule has 5 nitrogen and oxygen atoms in total. The first-order valence-corrected chi connectivity index (χ1v) is 9.02. The molecule has 1 amide bonds. The molecule has 1 aliphatic rings. The van der Waals surface area contributed by atoms with E-state index >= 15 is 0 Å². The van der Waals surface area contributed by atoms with E-state index in [1.54, 1.807) is 4.90 Å². The van der Waals surface area contributed by atoms with E-state index in [2.05, 4.69) is 12.2 Å². The van der Waals surface area contributed by atoms with Crippen LogP contribution in [0.1, 0.15) is 33.6 Å². The Bertz CT molecular complexity index is 408. The number of nitrogens with one attached hydrogen (secondary N) is 1. The molecule has 19 heavy (non-hydrogen) atoms. The molecule has 0 saturated carbocycles. The third-order valence-electron chi connectivity index (χ3n) is 3.67. The van der Waals surface area contributed by atoms with Crippen molar-refractivity contribution in [1.29, 1.82) is 0 Å². The molecule has 6 heteroatoms. The maximum absolute atomic E-state index is 12.5. The number of hydrogen-bond acceptors (Lipinski definition) is 4. The van der Waals surface area contributed by atoms with Crippen molar-refractivity contribution in [2.75, 3.05) is 25.1 Å². The highest BCUT2D eigenvalue weighted by Crippen LogP contribution is 2.20. The van der Waals surface area contributed by atoms with E-state index in [4.69, 9.17) is 0 Å². The van der Waals surface area contributed by atoms with Crippen LogP contribution >= 0.6 is 0 Å². The van der Waals surface area contributed by atoms with Crippen LogP contribution in [-0.2, 0) is 14.6 Å². The lowest BCUT2D eigenvalue weighted by Gasteiger charge is -2.34. The number of amides is 1. The second-order valence-corrected chi connectivity index (χ2v) is 7.83. The molecule has 0 aromatic carbocycles. The van der Waals surface area contributed by atoms with Crippen LogP contribution in [-0.4, -0.2) is 56.4 Å². The SMILES string of the molecule is CCN(C(=O)[C@H]1CCN[C@@H](C)C1)C(C)CS(C)(=O)=O. The maximum atomic E-state index is 12.5. The first-order chi connectivity index (χ1) is 8.74. The Labute approximate surface area is 116 Å². The molecule has 1 aliphatic heterocycles. The molecule has 112 valence electrons. The summed E-state index contributed by atoms with van der Waals surface area (Å²) in [4.78, 5) is 14.2. The van der Waals surface area contributed by atoms with Gasteiger partial charge in [-0.3, -0.25) is 4.79 Å². The zero-order chi connectivity index (χ0) is 14.6. The molecule has 0 spiro atoms. The molecule has 1 unspecified atom stereocenters. The van der Waals surface area contributed by atoms with Gasteiger partial charge in [0.05, 0.1) is 5.75 Å². The van der Waals surface area contributed by atoms with Crippen molar-refractivity contribution in [2.45, 2.75) is 45.7 Å². The third kappa shape index (κ3) is 5.10. The standard InChI is InChI=1S/C13H26N2O3S/c1-5-15(11(3)9-19(4,17)18)13(16)12-6-7-14-10(2)8-12/h10-12,14H,5-9H2,1-4H3/t10-,11?,12-/m0/s1. The quantitative estimate of drug-likeness (QED) is 0.807. The minimum absolute atomic E-state index is 0.0261. The predicted octanol–water partition coefficient (Wildman–Crippen LogP) is 0.656. The average Bonchev–Trinajstić information content (AvgIpc) is 2.27. The minimum atomic E-state index is -3.06. The van der Waals surface area contributed by atoms with Crippen LogP contribution in [0.5, 0.6) is 0 Å². The van der Waals surface area contributed by atoms with Crippen LogP contribution in [0.4, 0.5) is 0 Å². The van der Waals surface area contributed by atoms with Crippen molar-refractivity contribution in [3.63, 3.8) is 0 Å². The van der Waals surface area contributed by atoms with Crippen LogP contribution in [0.25, 0.3) is 0 Å². The first-order valence-electron chi connectivity index (χ1n) is 6.96. The largest absolute Gasteiger partial charge is 0.339 e. The van der Waals surface area contributed by atoms with Crippen LogP contribution in [0, 0.1) is 5.92 Å². The van der Waals surface area contributed by atoms with Gasteiger partial charge in [-0.1, -0.05) is 0 Å². The first kappa shape index (κ1) is 16.4. The van der Waals surface area contributed by atoms with Crippen LogP contribution in [0.2, 0.25) is 0 Å². The molecule has 1 fully saturated rings. The van der Waals surface area contributed by atoms with Crippen molar-refractivity contribution in [3.05, 3.63) is 0 Å².